The Hall–Kier alpha value is -3.12. The first-order valence-electron chi connectivity index (χ1n) is 10.7. The summed E-state index contributed by atoms with van der Waals surface area (Å²) in [5, 5.41) is 3.63. The molecular formula is C25H28ClN3O3. The van der Waals surface area contributed by atoms with Crippen molar-refractivity contribution in [2.75, 3.05) is 13.1 Å². The van der Waals surface area contributed by atoms with E-state index in [0.717, 1.165) is 5.56 Å². The van der Waals surface area contributed by atoms with Crippen LogP contribution in [0.2, 0.25) is 5.02 Å². The topological polar surface area (TPSA) is 75.2 Å². The number of nitrogens with one attached hydrogen (secondary N) is 1. The third-order valence-electron chi connectivity index (χ3n) is 5.35. The van der Waals surface area contributed by atoms with E-state index in [2.05, 4.69) is 5.10 Å². The van der Waals surface area contributed by atoms with Crippen LogP contribution in [0.1, 0.15) is 65.1 Å². The Bertz CT molecular complexity index is 1180. The number of carbonyl (C=O) groups is 2. The number of H-pyrrole nitrogens is 1. The molecule has 2 aromatic carbocycles. The van der Waals surface area contributed by atoms with E-state index in [4.69, 9.17) is 11.6 Å². The molecule has 1 amide bonds. The molecule has 168 valence electrons. The van der Waals surface area contributed by atoms with Crippen molar-refractivity contribution in [3.63, 3.8) is 0 Å². The Morgan fingerprint density at radius 3 is 2.34 bits per heavy atom. The van der Waals surface area contributed by atoms with E-state index < -0.39 is 5.56 Å². The largest absolute Gasteiger partial charge is 0.331 e. The zero-order valence-corrected chi connectivity index (χ0v) is 19.6. The monoisotopic (exact) mass is 453 g/mol. The SMILES string of the molecule is CCCN(CC(=O)c1c(C(C)C)[nH]n(-c2ccc(Cl)cc2)c1=O)C(=O)c1ccccc1C. The number of aryl methyl sites for hydroxylation is 1. The summed E-state index contributed by atoms with van der Waals surface area (Å²) in [5.74, 6) is -0.669. The van der Waals surface area contributed by atoms with Crippen LogP contribution in [0.5, 0.6) is 0 Å². The van der Waals surface area contributed by atoms with Crippen LogP contribution >= 0.6 is 11.6 Å². The number of hydrogen-bond acceptors (Lipinski definition) is 3. The summed E-state index contributed by atoms with van der Waals surface area (Å²) in [4.78, 5) is 41.3. The quantitative estimate of drug-likeness (QED) is 0.488. The normalized spacial score (nSPS) is 11.1. The Morgan fingerprint density at radius 1 is 1.09 bits per heavy atom. The average molecular weight is 454 g/mol. The molecule has 1 heterocycles. The van der Waals surface area contributed by atoms with Crippen LogP contribution < -0.4 is 5.56 Å². The van der Waals surface area contributed by atoms with Crippen LogP contribution in [0, 0.1) is 6.92 Å². The summed E-state index contributed by atoms with van der Waals surface area (Å²) in [6.45, 7) is 7.91. The Labute approximate surface area is 192 Å². The molecule has 1 aromatic heterocycles. The molecular weight excluding hydrogens is 426 g/mol. The smallest absolute Gasteiger partial charge is 0.282 e. The lowest BCUT2D eigenvalue weighted by molar-refractivity contribution is 0.0708. The summed E-state index contributed by atoms with van der Waals surface area (Å²) < 4.78 is 1.35. The molecule has 32 heavy (non-hydrogen) atoms. The highest BCUT2D eigenvalue weighted by atomic mass is 35.5. The number of amides is 1. The van der Waals surface area contributed by atoms with Crippen LogP contribution in [0.15, 0.2) is 53.3 Å². The van der Waals surface area contributed by atoms with Crippen molar-refractivity contribution in [3.8, 4) is 5.69 Å². The van der Waals surface area contributed by atoms with Crippen LogP contribution in [0.25, 0.3) is 5.69 Å². The van der Waals surface area contributed by atoms with Gasteiger partial charge in [-0.25, -0.2) is 4.68 Å². The third kappa shape index (κ3) is 4.86. The fraction of sp³-hybridized carbons (Fsp3) is 0.320. The van der Waals surface area contributed by atoms with Gasteiger partial charge in [0.2, 0.25) is 0 Å². The van der Waals surface area contributed by atoms with Gasteiger partial charge in [-0.05, 0) is 55.2 Å². The van der Waals surface area contributed by atoms with Gasteiger partial charge in [-0.3, -0.25) is 19.5 Å². The van der Waals surface area contributed by atoms with Gasteiger partial charge in [0, 0.05) is 17.1 Å². The second-order valence-corrected chi connectivity index (χ2v) is 8.57. The first kappa shape index (κ1) is 23.5. The van der Waals surface area contributed by atoms with E-state index in [1.807, 2.05) is 39.8 Å². The van der Waals surface area contributed by atoms with Gasteiger partial charge in [-0.15, -0.1) is 0 Å². The summed E-state index contributed by atoms with van der Waals surface area (Å²) in [6, 6.07) is 14.1. The number of aromatic amines is 1. The second kappa shape index (κ2) is 10.0. The molecule has 0 aliphatic rings. The minimum absolute atomic E-state index is 0.0816. The molecule has 0 spiro atoms. The van der Waals surface area contributed by atoms with Gasteiger partial charge in [-0.2, -0.15) is 0 Å². The van der Waals surface area contributed by atoms with Gasteiger partial charge in [-0.1, -0.05) is 50.6 Å². The van der Waals surface area contributed by atoms with E-state index in [1.54, 1.807) is 36.4 Å². The molecule has 6 nitrogen and oxygen atoms in total. The Balaban J connectivity index is 1.98. The second-order valence-electron chi connectivity index (χ2n) is 8.14. The van der Waals surface area contributed by atoms with Gasteiger partial charge >= 0.3 is 0 Å². The number of aromatic nitrogens is 2. The van der Waals surface area contributed by atoms with Crippen molar-refractivity contribution < 1.29 is 9.59 Å². The highest BCUT2D eigenvalue weighted by Gasteiger charge is 2.27. The third-order valence-corrected chi connectivity index (χ3v) is 5.60. The number of carbonyl (C=O) groups excluding carboxylic acids is 2. The first-order valence-corrected chi connectivity index (χ1v) is 11.1. The fourth-order valence-electron chi connectivity index (χ4n) is 3.67. The highest BCUT2D eigenvalue weighted by Crippen LogP contribution is 2.19. The van der Waals surface area contributed by atoms with Gasteiger partial charge in [0.25, 0.3) is 11.5 Å². The van der Waals surface area contributed by atoms with Crippen molar-refractivity contribution in [1.29, 1.82) is 0 Å². The van der Waals surface area contributed by atoms with Crippen LogP contribution in [-0.2, 0) is 0 Å². The minimum Gasteiger partial charge on any atom is -0.331 e. The van der Waals surface area contributed by atoms with Crippen molar-refractivity contribution >= 4 is 23.3 Å². The van der Waals surface area contributed by atoms with Gasteiger partial charge in [0.1, 0.15) is 5.56 Å². The minimum atomic E-state index is -0.430. The molecule has 0 bridgehead atoms. The Kier molecular flexibility index (Phi) is 7.36. The predicted molar refractivity (Wildman–Crippen MR) is 127 cm³/mol. The van der Waals surface area contributed by atoms with Crippen molar-refractivity contribution in [1.82, 2.24) is 14.7 Å². The molecule has 0 radical (unpaired) electrons. The average Bonchev–Trinajstić information content (AvgIpc) is 3.11. The van der Waals surface area contributed by atoms with Crippen LogP contribution in [-0.4, -0.2) is 39.5 Å². The molecule has 7 heteroatoms. The van der Waals surface area contributed by atoms with Crippen LogP contribution in [0.4, 0.5) is 0 Å². The maximum Gasteiger partial charge on any atom is 0.282 e. The lowest BCUT2D eigenvalue weighted by atomic mass is 10.0. The lowest BCUT2D eigenvalue weighted by Gasteiger charge is -2.22. The zero-order valence-electron chi connectivity index (χ0n) is 18.8. The molecule has 3 rings (SSSR count). The highest BCUT2D eigenvalue weighted by molar-refractivity contribution is 6.30. The van der Waals surface area contributed by atoms with Gasteiger partial charge in [0.05, 0.1) is 17.9 Å². The molecule has 0 atom stereocenters. The molecule has 0 saturated heterocycles. The molecule has 0 aliphatic heterocycles. The number of rotatable bonds is 8. The zero-order chi connectivity index (χ0) is 23.4. The van der Waals surface area contributed by atoms with Crippen molar-refractivity contribution in [2.45, 2.75) is 40.0 Å². The molecule has 0 saturated carbocycles. The number of Topliss-reactive ketones (excluding diaryl/α,β-unsaturated/α-hetero) is 1. The number of hydrogen-bond donors (Lipinski definition) is 1. The van der Waals surface area contributed by atoms with Gasteiger partial charge < -0.3 is 4.90 Å². The number of ketones is 1. The van der Waals surface area contributed by atoms with E-state index in [-0.39, 0.29) is 29.7 Å². The van der Waals surface area contributed by atoms with Crippen molar-refractivity contribution in [2.24, 2.45) is 0 Å². The van der Waals surface area contributed by atoms with Crippen LogP contribution in [0.3, 0.4) is 0 Å². The lowest BCUT2D eigenvalue weighted by Crippen LogP contribution is -2.38. The van der Waals surface area contributed by atoms with Crippen molar-refractivity contribution in [3.05, 3.63) is 86.3 Å². The molecule has 0 aliphatic carbocycles. The van der Waals surface area contributed by atoms with Gasteiger partial charge in [0.15, 0.2) is 5.78 Å². The van der Waals surface area contributed by atoms with E-state index in [0.29, 0.717) is 34.9 Å². The fourth-order valence-corrected chi connectivity index (χ4v) is 3.80. The molecule has 1 N–H and O–H groups in total. The maximum atomic E-state index is 13.3. The summed E-state index contributed by atoms with van der Waals surface area (Å²) in [5.41, 5.74) is 2.21. The number of benzene rings is 2. The summed E-state index contributed by atoms with van der Waals surface area (Å²) in [7, 11) is 0. The summed E-state index contributed by atoms with van der Waals surface area (Å²) >= 11 is 5.97. The van der Waals surface area contributed by atoms with E-state index in [9.17, 15) is 14.4 Å². The molecule has 0 unspecified atom stereocenters. The standard InChI is InChI=1S/C25H28ClN3O3/c1-5-14-28(24(31)20-9-7-6-8-17(20)4)15-21(30)22-23(16(2)3)27-29(25(22)32)19-12-10-18(26)11-13-19/h6-13,16,27H,5,14-15H2,1-4H3. The van der Waals surface area contributed by atoms with E-state index >= 15 is 0 Å². The maximum absolute atomic E-state index is 13.3. The molecule has 0 fully saturated rings. The Morgan fingerprint density at radius 2 is 1.75 bits per heavy atom. The predicted octanol–water partition coefficient (Wildman–Crippen LogP) is 4.99. The van der Waals surface area contributed by atoms with E-state index in [1.165, 1.54) is 9.58 Å². The number of nitrogens with zero attached hydrogens (tertiary/aromatic N) is 2. The molecule has 3 aromatic rings. The first-order chi connectivity index (χ1) is 15.2. The summed E-state index contributed by atoms with van der Waals surface area (Å²) in [6.07, 6.45) is 0.698. The number of halogens is 1.